The van der Waals surface area contributed by atoms with E-state index < -0.39 is 0 Å². The van der Waals surface area contributed by atoms with Crippen LogP contribution in [-0.4, -0.2) is 36.9 Å². The average molecular weight is 357 g/mol. The number of aryl methyl sites for hydroxylation is 2. The molecule has 0 radical (unpaired) electrons. The van der Waals surface area contributed by atoms with Crippen molar-refractivity contribution in [1.82, 2.24) is 24.5 Å². The number of rotatable bonds is 2. The Morgan fingerprint density at radius 2 is 2.16 bits per heavy atom. The van der Waals surface area contributed by atoms with E-state index in [1.165, 1.54) is 21.9 Å². The SMILES string of the molecule is Cc1cc(=O)n2[nH]c([C@H]3CCCCN3C(=O)c3scnc3C)cc2n1. The molecule has 4 rings (SSSR count). The average Bonchev–Trinajstić information content (AvgIpc) is 3.20. The number of likely N-dealkylation sites (tertiary alicyclic amines) is 1. The summed E-state index contributed by atoms with van der Waals surface area (Å²) in [5.41, 5.74) is 4.46. The lowest BCUT2D eigenvalue weighted by molar-refractivity contribution is 0.0610. The molecule has 1 aliphatic heterocycles. The summed E-state index contributed by atoms with van der Waals surface area (Å²) in [4.78, 5) is 36.3. The van der Waals surface area contributed by atoms with Crippen LogP contribution in [0.4, 0.5) is 0 Å². The van der Waals surface area contributed by atoms with Gasteiger partial charge < -0.3 is 4.90 Å². The second kappa shape index (κ2) is 6.11. The van der Waals surface area contributed by atoms with Gasteiger partial charge in [-0.1, -0.05) is 0 Å². The third-order valence-corrected chi connectivity index (χ3v) is 5.58. The quantitative estimate of drug-likeness (QED) is 0.764. The molecule has 3 aromatic rings. The molecule has 1 saturated heterocycles. The Hall–Kier alpha value is -2.48. The molecule has 0 unspecified atom stereocenters. The second-order valence-electron chi connectivity index (χ2n) is 6.42. The van der Waals surface area contributed by atoms with E-state index in [0.717, 1.165) is 30.7 Å². The van der Waals surface area contributed by atoms with Crippen molar-refractivity contribution < 1.29 is 4.79 Å². The molecule has 25 heavy (non-hydrogen) atoms. The molecule has 8 heteroatoms. The fraction of sp³-hybridized carbons (Fsp3) is 0.412. The number of H-pyrrole nitrogens is 1. The standard InChI is InChI=1S/C17H19N5O2S/c1-10-7-15(23)22-14(19-10)8-12(20-22)13-5-3-4-6-21(13)17(24)16-11(2)18-9-25-16/h7-9,13,20H,3-6H2,1-2H3/t13-/m1/s1. The Labute approximate surface area is 148 Å². The summed E-state index contributed by atoms with van der Waals surface area (Å²) in [6, 6.07) is 3.30. The van der Waals surface area contributed by atoms with Crippen molar-refractivity contribution in [2.75, 3.05) is 6.54 Å². The molecule has 130 valence electrons. The van der Waals surface area contributed by atoms with Gasteiger partial charge in [0.2, 0.25) is 0 Å². The molecule has 0 aromatic carbocycles. The lowest BCUT2D eigenvalue weighted by Gasteiger charge is -2.34. The molecule has 0 aliphatic carbocycles. The minimum Gasteiger partial charge on any atom is -0.329 e. The van der Waals surface area contributed by atoms with Crippen LogP contribution in [0, 0.1) is 13.8 Å². The molecule has 7 nitrogen and oxygen atoms in total. The molecule has 1 atom stereocenters. The summed E-state index contributed by atoms with van der Waals surface area (Å²) in [6.45, 7) is 4.37. The number of carbonyl (C=O) groups excluding carboxylic acids is 1. The number of hydrogen-bond acceptors (Lipinski definition) is 5. The molecular weight excluding hydrogens is 338 g/mol. The second-order valence-corrected chi connectivity index (χ2v) is 7.27. The lowest BCUT2D eigenvalue weighted by Crippen LogP contribution is -2.38. The van der Waals surface area contributed by atoms with E-state index in [4.69, 9.17) is 0 Å². The first-order valence-corrected chi connectivity index (χ1v) is 9.23. The number of thiazole rings is 1. The molecule has 1 fully saturated rings. The van der Waals surface area contributed by atoms with Crippen molar-refractivity contribution in [2.45, 2.75) is 39.2 Å². The summed E-state index contributed by atoms with van der Waals surface area (Å²) in [5.74, 6) is 0.0137. The molecule has 1 amide bonds. The molecule has 1 N–H and O–H groups in total. The highest BCUT2D eigenvalue weighted by atomic mass is 32.1. The third-order valence-electron chi connectivity index (χ3n) is 4.66. The van der Waals surface area contributed by atoms with E-state index in [1.54, 1.807) is 12.4 Å². The smallest absolute Gasteiger partial charge is 0.272 e. The first-order chi connectivity index (χ1) is 12.0. The number of nitrogens with zero attached hydrogens (tertiary/aromatic N) is 4. The molecule has 1 aliphatic rings. The molecular formula is C17H19N5O2S. The summed E-state index contributed by atoms with van der Waals surface area (Å²) in [6.07, 6.45) is 2.90. The minimum atomic E-state index is -0.138. The Morgan fingerprint density at radius 1 is 1.32 bits per heavy atom. The number of amides is 1. The van der Waals surface area contributed by atoms with Crippen LogP contribution in [0.3, 0.4) is 0 Å². The number of hydrogen-bond donors (Lipinski definition) is 1. The van der Waals surface area contributed by atoms with Crippen molar-refractivity contribution in [1.29, 1.82) is 0 Å². The van der Waals surface area contributed by atoms with Gasteiger partial charge in [0.05, 0.1) is 22.9 Å². The van der Waals surface area contributed by atoms with Gasteiger partial charge in [-0.15, -0.1) is 11.3 Å². The highest BCUT2D eigenvalue weighted by molar-refractivity contribution is 7.11. The van der Waals surface area contributed by atoms with E-state index in [0.29, 0.717) is 22.8 Å². The highest BCUT2D eigenvalue weighted by Gasteiger charge is 2.31. The van der Waals surface area contributed by atoms with Gasteiger partial charge in [-0.2, -0.15) is 0 Å². The van der Waals surface area contributed by atoms with Gasteiger partial charge in [0, 0.05) is 24.4 Å². The van der Waals surface area contributed by atoms with Gasteiger partial charge in [-0.25, -0.2) is 14.5 Å². The van der Waals surface area contributed by atoms with Crippen LogP contribution in [-0.2, 0) is 0 Å². The zero-order valence-corrected chi connectivity index (χ0v) is 15.0. The van der Waals surface area contributed by atoms with Gasteiger partial charge in [0.1, 0.15) is 4.88 Å². The summed E-state index contributed by atoms with van der Waals surface area (Å²) >= 11 is 1.38. The maximum Gasteiger partial charge on any atom is 0.272 e. The van der Waals surface area contributed by atoms with Crippen LogP contribution in [0.5, 0.6) is 0 Å². The van der Waals surface area contributed by atoms with Gasteiger partial charge in [0.15, 0.2) is 5.65 Å². The first-order valence-electron chi connectivity index (χ1n) is 8.35. The zero-order chi connectivity index (χ0) is 17.6. The van der Waals surface area contributed by atoms with E-state index in [9.17, 15) is 9.59 Å². The predicted octanol–water partition coefficient (Wildman–Crippen LogP) is 2.46. The number of carbonyl (C=O) groups is 1. The number of nitrogens with one attached hydrogen (secondary N) is 1. The maximum atomic E-state index is 13.0. The normalized spacial score (nSPS) is 18.0. The lowest BCUT2D eigenvalue weighted by atomic mass is 9.99. The first kappa shape index (κ1) is 16.0. The van der Waals surface area contributed by atoms with Gasteiger partial charge in [0.25, 0.3) is 11.5 Å². The van der Waals surface area contributed by atoms with Gasteiger partial charge in [-0.3, -0.25) is 14.7 Å². The molecule has 0 bridgehead atoms. The highest BCUT2D eigenvalue weighted by Crippen LogP contribution is 2.32. The van der Waals surface area contributed by atoms with Crippen LogP contribution < -0.4 is 5.56 Å². The fourth-order valence-electron chi connectivity index (χ4n) is 3.44. The Morgan fingerprint density at radius 3 is 2.92 bits per heavy atom. The van der Waals surface area contributed by atoms with E-state index in [1.807, 2.05) is 17.9 Å². The Balaban J connectivity index is 1.74. The fourth-order valence-corrected chi connectivity index (χ4v) is 4.19. The van der Waals surface area contributed by atoms with E-state index in [-0.39, 0.29) is 17.5 Å². The van der Waals surface area contributed by atoms with Crippen LogP contribution in [0.2, 0.25) is 0 Å². The van der Waals surface area contributed by atoms with Crippen LogP contribution in [0.25, 0.3) is 5.65 Å². The van der Waals surface area contributed by atoms with Crippen molar-refractivity contribution >= 4 is 22.9 Å². The van der Waals surface area contributed by atoms with E-state index >= 15 is 0 Å². The van der Waals surface area contributed by atoms with Crippen molar-refractivity contribution in [2.24, 2.45) is 0 Å². The van der Waals surface area contributed by atoms with Crippen LogP contribution in [0.15, 0.2) is 22.4 Å². The molecule has 0 spiro atoms. The summed E-state index contributed by atoms with van der Waals surface area (Å²) in [5, 5.41) is 3.14. The molecule has 3 aromatic heterocycles. The number of fused-ring (bicyclic) bond motifs is 1. The maximum absolute atomic E-state index is 13.0. The topological polar surface area (TPSA) is 83.4 Å². The van der Waals surface area contributed by atoms with E-state index in [2.05, 4.69) is 15.1 Å². The number of aromatic nitrogens is 4. The Bertz CT molecular complexity index is 1000. The molecule has 4 heterocycles. The molecule has 0 saturated carbocycles. The summed E-state index contributed by atoms with van der Waals surface area (Å²) < 4.78 is 1.44. The zero-order valence-electron chi connectivity index (χ0n) is 14.2. The van der Waals surface area contributed by atoms with Crippen molar-refractivity contribution in [3.63, 3.8) is 0 Å². The predicted molar refractivity (Wildman–Crippen MR) is 95.0 cm³/mol. The van der Waals surface area contributed by atoms with Crippen molar-refractivity contribution in [3.05, 3.63) is 50.0 Å². The number of aromatic amines is 1. The third kappa shape index (κ3) is 2.76. The van der Waals surface area contributed by atoms with Crippen LogP contribution >= 0.6 is 11.3 Å². The summed E-state index contributed by atoms with van der Waals surface area (Å²) in [7, 11) is 0. The largest absolute Gasteiger partial charge is 0.329 e. The monoisotopic (exact) mass is 357 g/mol. The Kier molecular flexibility index (Phi) is 3.91. The van der Waals surface area contributed by atoms with Gasteiger partial charge >= 0.3 is 0 Å². The van der Waals surface area contributed by atoms with Crippen LogP contribution in [0.1, 0.15) is 52.1 Å². The van der Waals surface area contributed by atoms with Crippen molar-refractivity contribution in [3.8, 4) is 0 Å². The minimum absolute atomic E-state index is 0.0137. The number of piperidine rings is 1. The van der Waals surface area contributed by atoms with Gasteiger partial charge in [-0.05, 0) is 33.1 Å².